The molecule has 128 valence electrons. The highest BCUT2D eigenvalue weighted by Crippen LogP contribution is 2.32. The molecule has 4 rings (SSSR count). The monoisotopic (exact) mass is 326 g/mol. The second kappa shape index (κ2) is 6.60. The van der Waals surface area contributed by atoms with E-state index >= 15 is 0 Å². The molecule has 0 bridgehead atoms. The van der Waals surface area contributed by atoms with Crippen LogP contribution in [0.25, 0.3) is 10.9 Å². The maximum atomic E-state index is 12.7. The van der Waals surface area contributed by atoms with Crippen LogP contribution in [0.5, 0.6) is 0 Å². The van der Waals surface area contributed by atoms with E-state index in [9.17, 15) is 4.79 Å². The highest BCUT2D eigenvalue weighted by Gasteiger charge is 2.30. The van der Waals surface area contributed by atoms with Gasteiger partial charge in [-0.05, 0) is 43.2 Å². The van der Waals surface area contributed by atoms with Gasteiger partial charge in [-0.3, -0.25) is 4.79 Å². The summed E-state index contributed by atoms with van der Waals surface area (Å²) in [6, 6.07) is 10.9. The molecule has 1 amide bonds. The molecule has 0 aliphatic carbocycles. The van der Waals surface area contributed by atoms with Crippen LogP contribution in [0.4, 0.5) is 0 Å². The Morgan fingerprint density at radius 1 is 1.08 bits per heavy atom. The number of carbonyl (C=O) groups is 1. The quantitative estimate of drug-likeness (QED) is 0.848. The van der Waals surface area contributed by atoms with E-state index in [1.807, 2.05) is 0 Å². The molecule has 2 aliphatic rings. The maximum Gasteiger partial charge on any atom is 0.225 e. The molecular formula is C20H26N2O2. The summed E-state index contributed by atoms with van der Waals surface area (Å²) in [6.07, 6.45) is 3.92. The van der Waals surface area contributed by atoms with Crippen LogP contribution >= 0.6 is 0 Å². The zero-order chi connectivity index (χ0) is 16.5. The molecule has 0 atom stereocenters. The number of aromatic nitrogens is 1. The van der Waals surface area contributed by atoms with Crippen LogP contribution in [0.3, 0.4) is 0 Å². The van der Waals surface area contributed by atoms with Gasteiger partial charge in [0.05, 0.1) is 0 Å². The molecule has 0 saturated carbocycles. The van der Waals surface area contributed by atoms with Crippen molar-refractivity contribution in [3.63, 3.8) is 0 Å². The molecule has 2 aliphatic heterocycles. The number of carbonyl (C=O) groups excluding carboxylic acids is 1. The van der Waals surface area contributed by atoms with E-state index in [4.69, 9.17) is 4.74 Å². The number of aryl methyl sites for hydroxylation is 1. The molecule has 4 heteroatoms. The van der Waals surface area contributed by atoms with Gasteiger partial charge in [-0.15, -0.1) is 0 Å². The van der Waals surface area contributed by atoms with Crippen LogP contribution in [0, 0.1) is 5.92 Å². The number of ether oxygens (including phenoxy) is 1. The van der Waals surface area contributed by atoms with Gasteiger partial charge < -0.3 is 14.2 Å². The number of benzene rings is 1. The number of para-hydroxylation sites is 1. The second-order valence-electron chi connectivity index (χ2n) is 7.17. The third kappa shape index (κ3) is 2.84. The van der Waals surface area contributed by atoms with Gasteiger partial charge in [0.2, 0.25) is 5.91 Å². The largest absolute Gasteiger partial charge is 0.381 e. The number of hydrogen-bond donors (Lipinski definition) is 0. The number of piperidine rings is 1. The minimum Gasteiger partial charge on any atom is -0.381 e. The van der Waals surface area contributed by atoms with E-state index < -0.39 is 0 Å². The van der Waals surface area contributed by atoms with Crippen molar-refractivity contribution in [1.82, 2.24) is 9.47 Å². The fraction of sp³-hybridized carbons (Fsp3) is 0.550. The minimum absolute atomic E-state index is 0.188. The molecular weight excluding hydrogens is 300 g/mol. The van der Waals surface area contributed by atoms with Crippen molar-refractivity contribution in [3.8, 4) is 0 Å². The summed E-state index contributed by atoms with van der Waals surface area (Å²) in [4.78, 5) is 14.8. The first-order chi connectivity index (χ1) is 11.7. The number of likely N-dealkylation sites (tertiary alicyclic amines) is 1. The first-order valence-electron chi connectivity index (χ1n) is 9.15. The predicted molar refractivity (Wildman–Crippen MR) is 95.0 cm³/mol. The molecule has 1 aromatic heterocycles. The molecule has 2 saturated heterocycles. The summed E-state index contributed by atoms with van der Waals surface area (Å²) < 4.78 is 7.71. The summed E-state index contributed by atoms with van der Waals surface area (Å²) in [5.41, 5.74) is 2.71. The van der Waals surface area contributed by atoms with Crippen LogP contribution < -0.4 is 0 Å². The predicted octanol–water partition coefficient (Wildman–Crippen LogP) is 3.31. The zero-order valence-corrected chi connectivity index (χ0v) is 14.4. The average molecular weight is 326 g/mol. The van der Waals surface area contributed by atoms with Crippen LogP contribution in [0.15, 0.2) is 30.3 Å². The van der Waals surface area contributed by atoms with Gasteiger partial charge in [0.25, 0.3) is 0 Å². The molecule has 0 unspecified atom stereocenters. The number of rotatable bonds is 2. The molecule has 24 heavy (non-hydrogen) atoms. The number of nitrogens with zero attached hydrogens (tertiary/aromatic N) is 2. The summed E-state index contributed by atoms with van der Waals surface area (Å²) in [7, 11) is 2.16. The lowest BCUT2D eigenvalue weighted by Gasteiger charge is -2.35. The van der Waals surface area contributed by atoms with Gasteiger partial charge in [-0.1, -0.05) is 18.2 Å². The Labute approximate surface area is 143 Å². The minimum atomic E-state index is 0.188. The smallest absolute Gasteiger partial charge is 0.225 e. The summed E-state index contributed by atoms with van der Waals surface area (Å²) in [5.74, 6) is 1.10. The van der Waals surface area contributed by atoms with Crippen molar-refractivity contribution >= 4 is 16.8 Å². The second-order valence-corrected chi connectivity index (χ2v) is 7.17. The molecule has 0 N–H and O–H groups in total. The van der Waals surface area contributed by atoms with E-state index in [1.165, 1.54) is 16.6 Å². The Morgan fingerprint density at radius 2 is 1.79 bits per heavy atom. The summed E-state index contributed by atoms with van der Waals surface area (Å²) >= 11 is 0. The lowest BCUT2D eigenvalue weighted by molar-refractivity contribution is -0.139. The topological polar surface area (TPSA) is 34.5 Å². The van der Waals surface area contributed by atoms with Gasteiger partial charge in [-0.25, -0.2) is 0 Å². The van der Waals surface area contributed by atoms with E-state index in [-0.39, 0.29) is 5.92 Å². The van der Waals surface area contributed by atoms with Gasteiger partial charge in [0.15, 0.2) is 0 Å². The van der Waals surface area contributed by atoms with Crippen LogP contribution in [0.1, 0.15) is 37.3 Å². The molecule has 0 radical (unpaired) electrons. The van der Waals surface area contributed by atoms with E-state index in [0.717, 1.165) is 52.0 Å². The van der Waals surface area contributed by atoms with Gasteiger partial charge >= 0.3 is 0 Å². The number of fused-ring (bicyclic) bond motifs is 1. The molecule has 3 heterocycles. The van der Waals surface area contributed by atoms with Gasteiger partial charge in [0, 0.05) is 56.4 Å². The molecule has 1 aromatic carbocycles. The normalized spacial score (nSPS) is 20.6. The molecule has 4 nitrogen and oxygen atoms in total. The fourth-order valence-electron chi connectivity index (χ4n) is 4.30. The van der Waals surface area contributed by atoms with Crippen molar-refractivity contribution in [1.29, 1.82) is 0 Å². The highest BCUT2D eigenvalue weighted by molar-refractivity contribution is 5.81. The number of hydrogen-bond acceptors (Lipinski definition) is 2. The Morgan fingerprint density at radius 3 is 2.50 bits per heavy atom. The Bertz CT molecular complexity index is 722. The molecule has 2 fully saturated rings. The van der Waals surface area contributed by atoms with Crippen molar-refractivity contribution in [2.45, 2.75) is 31.6 Å². The lowest BCUT2D eigenvalue weighted by Crippen LogP contribution is -2.42. The van der Waals surface area contributed by atoms with Crippen molar-refractivity contribution in [3.05, 3.63) is 36.0 Å². The van der Waals surface area contributed by atoms with Crippen LogP contribution in [0.2, 0.25) is 0 Å². The summed E-state index contributed by atoms with van der Waals surface area (Å²) in [6.45, 7) is 3.26. The van der Waals surface area contributed by atoms with Crippen molar-refractivity contribution < 1.29 is 9.53 Å². The third-order valence-electron chi connectivity index (χ3n) is 5.78. The van der Waals surface area contributed by atoms with E-state index in [1.54, 1.807) is 0 Å². The maximum absolute atomic E-state index is 12.7. The van der Waals surface area contributed by atoms with E-state index in [0.29, 0.717) is 11.8 Å². The zero-order valence-electron chi connectivity index (χ0n) is 14.4. The lowest BCUT2D eigenvalue weighted by atomic mass is 9.91. The molecule has 0 spiro atoms. The number of amides is 1. The van der Waals surface area contributed by atoms with Gasteiger partial charge in [-0.2, -0.15) is 0 Å². The van der Waals surface area contributed by atoms with E-state index in [2.05, 4.69) is 46.8 Å². The molecule has 2 aromatic rings. The van der Waals surface area contributed by atoms with Crippen LogP contribution in [-0.4, -0.2) is 41.7 Å². The van der Waals surface area contributed by atoms with Gasteiger partial charge in [0.1, 0.15) is 0 Å². The van der Waals surface area contributed by atoms with Crippen molar-refractivity contribution in [2.75, 3.05) is 26.3 Å². The Balaban J connectivity index is 1.43. The Hall–Kier alpha value is -1.81. The fourth-order valence-corrected chi connectivity index (χ4v) is 4.30. The van der Waals surface area contributed by atoms with Crippen molar-refractivity contribution in [2.24, 2.45) is 13.0 Å². The first-order valence-corrected chi connectivity index (χ1v) is 9.15. The van der Waals surface area contributed by atoms with Crippen LogP contribution in [-0.2, 0) is 16.6 Å². The standard InChI is InChI=1S/C20H26N2O2/c1-21-18-5-3-2-4-17(18)14-19(21)15-6-10-22(11-7-15)20(23)16-8-12-24-13-9-16/h2-5,14-16H,6-13H2,1H3. The first kappa shape index (κ1) is 15.7. The highest BCUT2D eigenvalue weighted by atomic mass is 16.5. The average Bonchev–Trinajstić information content (AvgIpc) is 2.99. The third-order valence-corrected chi connectivity index (χ3v) is 5.78. The Kier molecular flexibility index (Phi) is 4.31. The summed E-state index contributed by atoms with van der Waals surface area (Å²) in [5, 5.41) is 1.32. The SMILES string of the molecule is Cn1c(C2CCN(C(=O)C3CCOCC3)CC2)cc2ccccc21.